The number of fused-ring (bicyclic) bond motifs is 2. The van der Waals surface area contributed by atoms with Crippen molar-refractivity contribution < 1.29 is 13.2 Å². The molecule has 0 fully saturated rings. The van der Waals surface area contributed by atoms with Crippen LogP contribution in [0.25, 0.3) is 0 Å². The van der Waals surface area contributed by atoms with Gasteiger partial charge in [-0.15, -0.1) is 11.3 Å². The molecule has 0 spiro atoms. The lowest BCUT2D eigenvalue weighted by molar-refractivity contribution is -0.117. The van der Waals surface area contributed by atoms with Crippen LogP contribution in [0.2, 0.25) is 0 Å². The Kier molecular flexibility index (Phi) is 3.77. The monoisotopic (exact) mass is 376 g/mol. The van der Waals surface area contributed by atoms with Crippen molar-refractivity contribution in [1.29, 1.82) is 0 Å². The largest absolute Gasteiger partial charge is 0.301 e. The zero-order valence-electron chi connectivity index (χ0n) is 14.2. The van der Waals surface area contributed by atoms with Crippen molar-refractivity contribution in [2.24, 2.45) is 0 Å². The summed E-state index contributed by atoms with van der Waals surface area (Å²) < 4.78 is 24.4. The third-order valence-electron chi connectivity index (χ3n) is 5.17. The molecule has 1 N–H and O–H groups in total. The van der Waals surface area contributed by atoms with Crippen LogP contribution in [-0.4, -0.2) is 25.1 Å². The molecule has 1 amide bonds. The molecule has 1 aliphatic heterocycles. The van der Waals surface area contributed by atoms with Gasteiger partial charge in [0.2, 0.25) is 5.91 Å². The molecule has 5 nitrogen and oxygen atoms in total. The molecule has 1 atom stereocenters. The van der Waals surface area contributed by atoms with Crippen LogP contribution < -0.4 is 5.32 Å². The number of benzene rings is 1. The minimum absolute atomic E-state index is 0.00347. The summed E-state index contributed by atoms with van der Waals surface area (Å²) in [5.74, 6) is -0.622. The number of sulfone groups is 1. The van der Waals surface area contributed by atoms with Crippen LogP contribution in [0.15, 0.2) is 29.2 Å². The molecule has 1 aliphatic carbocycles. The van der Waals surface area contributed by atoms with Crippen molar-refractivity contribution in [3.05, 3.63) is 40.4 Å². The average molecular weight is 377 g/mol. The number of carbonyl (C=O) groups excluding carboxylic acids is 1. The van der Waals surface area contributed by atoms with Gasteiger partial charge < -0.3 is 5.32 Å². The Hall–Kier alpha value is -1.73. The highest BCUT2D eigenvalue weighted by atomic mass is 32.2. The topological polar surface area (TPSA) is 76.1 Å². The molecule has 132 valence electrons. The number of nitrogens with zero attached hydrogens (tertiary/aromatic N) is 1. The highest BCUT2D eigenvalue weighted by Gasteiger charge is 2.36. The van der Waals surface area contributed by atoms with Crippen LogP contribution in [0, 0.1) is 0 Å². The van der Waals surface area contributed by atoms with Crippen LogP contribution in [0.4, 0.5) is 5.13 Å². The number of anilines is 1. The molecule has 2 aliphatic rings. The van der Waals surface area contributed by atoms with Gasteiger partial charge in [-0.05, 0) is 30.9 Å². The Morgan fingerprint density at radius 2 is 2.08 bits per heavy atom. The summed E-state index contributed by atoms with van der Waals surface area (Å²) in [6.45, 7) is 4.35. The summed E-state index contributed by atoms with van der Waals surface area (Å²) in [4.78, 5) is 18.9. The Bertz CT molecular complexity index is 960. The van der Waals surface area contributed by atoms with Crippen LogP contribution in [0.1, 0.15) is 48.7 Å². The first-order chi connectivity index (χ1) is 11.8. The molecule has 7 heteroatoms. The molecule has 0 radical (unpaired) electrons. The summed E-state index contributed by atoms with van der Waals surface area (Å²) in [6.07, 6.45) is 2.39. The molecule has 4 rings (SSSR count). The second kappa shape index (κ2) is 5.64. The van der Waals surface area contributed by atoms with Crippen LogP contribution in [0.5, 0.6) is 0 Å². The number of aryl methyl sites for hydroxylation is 1. The first-order valence-corrected chi connectivity index (χ1v) is 10.9. The predicted molar refractivity (Wildman–Crippen MR) is 97.9 cm³/mol. The molecule has 0 saturated heterocycles. The molecule has 1 aromatic heterocycles. The van der Waals surface area contributed by atoms with E-state index in [1.165, 1.54) is 16.2 Å². The molecule has 1 aromatic carbocycles. The highest BCUT2D eigenvalue weighted by molar-refractivity contribution is 7.91. The van der Waals surface area contributed by atoms with Gasteiger partial charge in [-0.3, -0.25) is 4.79 Å². The molecule has 0 saturated carbocycles. The van der Waals surface area contributed by atoms with E-state index in [2.05, 4.69) is 24.1 Å². The molecule has 2 heterocycles. The maximum absolute atomic E-state index is 12.8. The second-order valence-corrected chi connectivity index (χ2v) is 10.5. The third-order valence-corrected chi connectivity index (χ3v) is 8.01. The fourth-order valence-corrected chi connectivity index (χ4v) is 6.47. The van der Waals surface area contributed by atoms with E-state index in [1.807, 2.05) is 0 Å². The number of thiazole rings is 1. The van der Waals surface area contributed by atoms with Gasteiger partial charge in [0.15, 0.2) is 15.0 Å². The first kappa shape index (κ1) is 16.7. The van der Waals surface area contributed by atoms with E-state index in [4.69, 9.17) is 0 Å². The van der Waals surface area contributed by atoms with E-state index in [-0.39, 0.29) is 22.0 Å². The highest BCUT2D eigenvalue weighted by Crippen LogP contribution is 2.42. The number of hydrogen-bond acceptors (Lipinski definition) is 5. The molecule has 1 unspecified atom stereocenters. The summed E-state index contributed by atoms with van der Waals surface area (Å²) in [5, 5.41) is 3.54. The van der Waals surface area contributed by atoms with E-state index in [9.17, 15) is 13.2 Å². The number of nitrogens with one attached hydrogen (secondary N) is 1. The van der Waals surface area contributed by atoms with Gasteiger partial charge in [-0.25, -0.2) is 13.4 Å². The van der Waals surface area contributed by atoms with Gasteiger partial charge in [-0.2, -0.15) is 0 Å². The first-order valence-electron chi connectivity index (χ1n) is 8.41. The smallest absolute Gasteiger partial charge is 0.233 e. The summed E-state index contributed by atoms with van der Waals surface area (Å²) in [6, 6.07) is 6.80. The average Bonchev–Trinajstić information content (AvgIpc) is 3.08. The number of hydrogen-bond donors (Lipinski definition) is 1. The lowest BCUT2D eigenvalue weighted by Crippen LogP contribution is -2.29. The fourth-order valence-electron chi connectivity index (χ4n) is 3.70. The van der Waals surface area contributed by atoms with Gasteiger partial charge in [0.1, 0.15) is 0 Å². The molecular weight excluding hydrogens is 356 g/mol. The van der Waals surface area contributed by atoms with Crippen molar-refractivity contribution in [2.45, 2.75) is 49.3 Å². The Morgan fingerprint density at radius 1 is 1.32 bits per heavy atom. The number of aromatic nitrogens is 1. The van der Waals surface area contributed by atoms with Gasteiger partial charge in [0.05, 0.1) is 22.3 Å². The summed E-state index contributed by atoms with van der Waals surface area (Å²) in [5.41, 5.74) is 1.73. The van der Waals surface area contributed by atoms with Gasteiger partial charge in [0, 0.05) is 10.3 Å². The lowest BCUT2D eigenvalue weighted by atomic mass is 9.91. The maximum atomic E-state index is 12.8. The molecule has 25 heavy (non-hydrogen) atoms. The number of rotatable bonds is 2. The van der Waals surface area contributed by atoms with Crippen molar-refractivity contribution in [2.75, 3.05) is 11.1 Å². The summed E-state index contributed by atoms with van der Waals surface area (Å²) >= 11 is 1.54. The van der Waals surface area contributed by atoms with E-state index < -0.39 is 15.8 Å². The van der Waals surface area contributed by atoms with E-state index in [1.54, 1.807) is 24.3 Å². The molecular formula is C18H20N2O3S2. The fraction of sp³-hybridized carbons (Fsp3) is 0.444. The maximum Gasteiger partial charge on any atom is 0.233 e. The SMILES string of the molecule is CC1(C)CCc2sc(NC(=O)C3CCS(=O)(=O)c4ccccc43)nc21. The minimum Gasteiger partial charge on any atom is -0.301 e. The quantitative estimate of drug-likeness (QED) is 0.873. The van der Waals surface area contributed by atoms with Crippen molar-refractivity contribution >= 4 is 32.2 Å². The normalized spacial score (nSPS) is 22.9. The third kappa shape index (κ3) is 2.79. The second-order valence-electron chi connectivity index (χ2n) is 7.36. The minimum atomic E-state index is -3.29. The van der Waals surface area contributed by atoms with Gasteiger partial charge >= 0.3 is 0 Å². The van der Waals surface area contributed by atoms with Crippen LogP contribution >= 0.6 is 11.3 Å². The van der Waals surface area contributed by atoms with Gasteiger partial charge in [-0.1, -0.05) is 32.0 Å². The zero-order chi connectivity index (χ0) is 17.8. The Labute approximate surface area is 151 Å². The predicted octanol–water partition coefficient (Wildman–Crippen LogP) is 3.27. The summed E-state index contributed by atoms with van der Waals surface area (Å²) in [7, 11) is -3.29. The van der Waals surface area contributed by atoms with E-state index in [0.717, 1.165) is 18.5 Å². The molecule has 2 aromatic rings. The molecule has 0 bridgehead atoms. The lowest BCUT2D eigenvalue weighted by Gasteiger charge is -2.24. The van der Waals surface area contributed by atoms with Crippen molar-refractivity contribution in [3.63, 3.8) is 0 Å². The number of carbonyl (C=O) groups is 1. The van der Waals surface area contributed by atoms with Crippen molar-refractivity contribution in [1.82, 2.24) is 4.98 Å². The van der Waals surface area contributed by atoms with Crippen LogP contribution in [-0.2, 0) is 26.5 Å². The van der Waals surface area contributed by atoms with E-state index in [0.29, 0.717) is 17.1 Å². The van der Waals surface area contributed by atoms with Crippen LogP contribution in [0.3, 0.4) is 0 Å². The standard InChI is InChI=1S/C18H20N2O3S2/c1-18(2)9-7-13-15(18)19-17(24-13)20-16(21)12-8-10-25(22,23)14-6-4-3-5-11(12)14/h3-6,12H,7-10H2,1-2H3,(H,19,20,21). The van der Waals surface area contributed by atoms with Gasteiger partial charge in [0.25, 0.3) is 0 Å². The van der Waals surface area contributed by atoms with Crippen molar-refractivity contribution in [3.8, 4) is 0 Å². The number of amides is 1. The van der Waals surface area contributed by atoms with E-state index >= 15 is 0 Å². The zero-order valence-corrected chi connectivity index (χ0v) is 15.8. The Morgan fingerprint density at radius 3 is 2.84 bits per heavy atom. The Balaban J connectivity index is 1.61.